The van der Waals surface area contributed by atoms with Gasteiger partial charge < -0.3 is 9.73 Å². The molecule has 1 aromatic heterocycles. The van der Waals surface area contributed by atoms with Gasteiger partial charge in [-0.2, -0.15) is 0 Å². The van der Waals surface area contributed by atoms with Gasteiger partial charge in [0.2, 0.25) is 0 Å². The summed E-state index contributed by atoms with van der Waals surface area (Å²) in [4.78, 5) is 0. The van der Waals surface area contributed by atoms with Gasteiger partial charge in [0, 0.05) is 0 Å². The minimum Gasteiger partial charge on any atom is -0.464 e. The van der Waals surface area contributed by atoms with Crippen LogP contribution < -0.4 is 5.32 Å². The Balaban J connectivity index is 2.53. The molecule has 0 bridgehead atoms. The summed E-state index contributed by atoms with van der Waals surface area (Å²) >= 11 is 0. The van der Waals surface area contributed by atoms with Gasteiger partial charge in [-0.25, -0.2) is 8.42 Å². The third kappa shape index (κ3) is 5.69. The van der Waals surface area contributed by atoms with E-state index in [4.69, 9.17) is 4.42 Å². The molecule has 0 saturated heterocycles. The molecule has 0 saturated carbocycles. The standard InChI is InChI=1S/C13H23NO3S/c1-4-14-9-12-5-6-13(17-12)10-18(15,16)8-7-11(2)3/h5-6,11,14H,4,7-10H2,1-3H3. The third-order valence-electron chi connectivity index (χ3n) is 2.63. The molecule has 0 aliphatic rings. The van der Waals surface area contributed by atoms with Gasteiger partial charge in [-0.1, -0.05) is 20.8 Å². The Bertz CT molecular complexity index is 449. The molecule has 0 aromatic carbocycles. The van der Waals surface area contributed by atoms with Crippen LogP contribution in [0, 0.1) is 5.92 Å². The second-order valence-electron chi connectivity index (χ2n) is 4.92. The zero-order valence-corrected chi connectivity index (χ0v) is 12.2. The molecule has 1 aromatic rings. The molecule has 0 amide bonds. The Morgan fingerprint density at radius 3 is 2.56 bits per heavy atom. The topological polar surface area (TPSA) is 59.3 Å². The Kier molecular flexibility index (Phi) is 5.88. The first-order chi connectivity index (χ1) is 8.43. The van der Waals surface area contributed by atoms with Crippen molar-refractivity contribution in [2.24, 2.45) is 5.92 Å². The molecular formula is C13H23NO3S. The number of nitrogens with one attached hydrogen (secondary N) is 1. The fraction of sp³-hybridized carbons (Fsp3) is 0.692. The Hall–Kier alpha value is -0.810. The fourth-order valence-electron chi connectivity index (χ4n) is 1.55. The fourth-order valence-corrected chi connectivity index (χ4v) is 3.11. The van der Waals surface area contributed by atoms with Gasteiger partial charge in [0.25, 0.3) is 0 Å². The van der Waals surface area contributed by atoms with Crippen LogP contribution in [0.1, 0.15) is 38.7 Å². The lowest BCUT2D eigenvalue weighted by atomic mass is 10.2. The molecule has 0 aliphatic heterocycles. The summed E-state index contributed by atoms with van der Waals surface area (Å²) in [6.07, 6.45) is 0.702. The highest BCUT2D eigenvalue weighted by Gasteiger charge is 2.15. The summed E-state index contributed by atoms with van der Waals surface area (Å²) in [6.45, 7) is 7.57. The third-order valence-corrected chi connectivity index (χ3v) is 4.22. The first kappa shape index (κ1) is 15.2. The number of rotatable bonds is 8. The molecule has 0 fully saturated rings. The molecule has 0 aliphatic carbocycles. The smallest absolute Gasteiger partial charge is 0.157 e. The van der Waals surface area contributed by atoms with Crippen LogP contribution >= 0.6 is 0 Å². The zero-order chi connectivity index (χ0) is 13.6. The maximum Gasteiger partial charge on any atom is 0.157 e. The molecule has 18 heavy (non-hydrogen) atoms. The number of furan rings is 1. The molecule has 1 heterocycles. The second kappa shape index (κ2) is 6.95. The largest absolute Gasteiger partial charge is 0.464 e. The molecule has 0 atom stereocenters. The Labute approximate surface area is 110 Å². The summed E-state index contributed by atoms with van der Waals surface area (Å²) in [5.74, 6) is 1.96. The minimum absolute atomic E-state index is 0.00580. The molecule has 1 rings (SSSR count). The van der Waals surface area contributed by atoms with Crippen LogP contribution in [0.4, 0.5) is 0 Å². The van der Waals surface area contributed by atoms with Crippen molar-refractivity contribution in [2.45, 2.75) is 39.5 Å². The van der Waals surface area contributed by atoms with Crippen molar-refractivity contribution < 1.29 is 12.8 Å². The normalized spacial score (nSPS) is 12.2. The van der Waals surface area contributed by atoms with Crippen molar-refractivity contribution in [3.63, 3.8) is 0 Å². The number of hydrogen-bond donors (Lipinski definition) is 1. The van der Waals surface area contributed by atoms with E-state index in [0.717, 1.165) is 12.3 Å². The Morgan fingerprint density at radius 2 is 1.94 bits per heavy atom. The molecule has 5 heteroatoms. The van der Waals surface area contributed by atoms with Gasteiger partial charge in [0.15, 0.2) is 9.84 Å². The van der Waals surface area contributed by atoms with E-state index in [9.17, 15) is 8.42 Å². The summed E-state index contributed by atoms with van der Waals surface area (Å²) in [7, 11) is -3.05. The van der Waals surface area contributed by atoms with E-state index in [0.29, 0.717) is 24.6 Å². The van der Waals surface area contributed by atoms with Gasteiger partial charge in [0.1, 0.15) is 17.3 Å². The van der Waals surface area contributed by atoms with Crippen LogP contribution in [0.2, 0.25) is 0 Å². The quantitative estimate of drug-likeness (QED) is 0.790. The van der Waals surface area contributed by atoms with E-state index in [1.54, 1.807) is 6.07 Å². The van der Waals surface area contributed by atoms with E-state index in [-0.39, 0.29) is 11.5 Å². The average Bonchev–Trinajstić information content (AvgIpc) is 2.71. The summed E-state index contributed by atoms with van der Waals surface area (Å²) < 4.78 is 29.2. The van der Waals surface area contributed by atoms with Crippen molar-refractivity contribution in [3.05, 3.63) is 23.7 Å². The van der Waals surface area contributed by atoms with Crippen LogP contribution in [-0.4, -0.2) is 20.7 Å². The number of sulfone groups is 1. The van der Waals surface area contributed by atoms with Gasteiger partial charge in [-0.15, -0.1) is 0 Å². The van der Waals surface area contributed by atoms with E-state index >= 15 is 0 Å². The predicted molar refractivity (Wildman–Crippen MR) is 73.0 cm³/mol. The van der Waals surface area contributed by atoms with E-state index in [2.05, 4.69) is 5.32 Å². The van der Waals surface area contributed by atoms with Crippen molar-refractivity contribution >= 4 is 9.84 Å². The summed E-state index contributed by atoms with van der Waals surface area (Å²) in [5, 5.41) is 3.14. The van der Waals surface area contributed by atoms with Crippen molar-refractivity contribution in [3.8, 4) is 0 Å². The first-order valence-corrected chi connectivity index (χ1v) is 8.24. The van der Waals surface area contributed by atoms with E-state index in [1.165, 1.54) is 0 Å². The first-order valence-electron chi connectivity index (χ1n) is 6.41. The SMILES string of the molecule is CCNCc1ccc(CS(=O)(=O)CCC(C)C)o1. The molecule has 1 N–H and O–H groups in total. The maximum atomic E-state index is 11.9. The summed E-state index contributed by atoms with van der Waals surface area (Å²) in [6, 6.07) is 3.58. The molecule has 4 nitrogen and oxygen atoms in total. The van der Waals surface area contributed by atoms with E-state index in [1.807, 2.05) is 26.8 Å². The van der Waals surface area contributed by atoms with Gasteiger partial charge in [-0.3, -0.25) is 0 Å². The molecular weight excluding hydrogens is 250 g/mol. The lowest BCUT2D eigenvalue weighted by molar-refractivity contribution is 0.459. The monoisotopic (exact) mass is 273 g/mol. The molecule has 0 radical (unpaired) electrons. The summed E-state index contributed by atoms with van der Waals surface area (Å²) in [5.41, 5.74) is 0. The van der Waals surface area contributed by atoms with Gasteiger partial charge in [-0.05, 0) is 31.0 Å². The zero-order valence-electron chi connectivity index (χ0n) is 11.4. The number of hydrogen-bond acceptors (Lipinski definition) is 4. The molecule has 0 unspecified atom stereocenters. The second-order valence-corrected chi connectivity index (χ2v) is 7.11. The maximum absolute atomic E-state index is 11.9. The van der Waals surface area contributed by atoms with Crippen LogP contribution in [0.25, 0.3) is 0 Å². The van der Waals surface area contributed by atoms with Gasteiger partial charge in [0.05, 0.1) is 12.3 Å². The average molecular weight is 273 g/mol. The van der Waals surface area contributed by atoms with Crippen molar-refractivity contribution in [1.29, 1.82) is 0 Å². The van der Waals surface area contributed by atoms with Crippen molar-refractivity contribution in [2.75, 3.05) is 12.3 Å². The van der Waals surface area contributed by atoms with E-state index < -0.39 is 9.84 Å². The highest BCUT2D eigenvalue weighted by atomic mass is 32.2. The lowest BCUT2D eigenvalue weighted by Crippen LogP contribution is -2.11. The van der Waals surface area contributed by atoms with Crippen LogP contribution in [-0.2, 0) is 22.1 Å². The highest BCUT2D eigenvalue weighted by molar-refractivity contribution is 7.90. The minimum atomic E-state index is -3.05. The van der Waals surface area contributed by atoms with Crippen LogP contribution in [0.3, 0.4) is 0 Å². The highest BCUT2D eigenvalue weighted by Crippen LogP contribution is 2.13. The predicted octanol–water partition coefficient (Wildman–Crippen LogP) is 2.35. The lowest BCUT2D eigenvalue weighted by Gasteiger charge is -2.05. The van der Waals surface area contributed by atoms with Gasteiger partial charge >= 0.3 is 0 Å². The molecule has 0 spiro atoms. The molecule has 104 valence electrons. The van der Waals surface area contributed by atoms with Crippen LogP contribution in [0.15, 0.2) is 16.5 Å². The van der Waals surface area contributed by atoms with Crippen molar-refractivity contribution in [1.82, 2.24) is 5.32 Å². The van der Waals surface area contributed by atoms with Crippen LogP contribution in [0.5, 0.6) is 0 Å². The Morgan fingerprint density at radius 1 is 1.28 bits per heavy atom.